The Morgan fingerprint density at radius 1 is 1.12 bits per heavy atom. The molecule has 0 radical (unpaired) electrons. The van der Waals surface area contributed by atoms with Crippen LogP contribution in [0.4, 0.5) is 11.6 Å². The van der Waals surface area contributed by atoms with Crippen molar-refractivity contribution in [3.05, 3.63) is 86.5 Å². The van der Waals surface area contributed by atoms with Gasteiger partial charge < -0.3 is 20.0 Å². The van der Waals surface area contributed by atoms with Crippen LogP contribution in [0.25, 0.3) is 0 Å². The molecule has 3 aromatic heterocycles. The zero-order valence-electron chi connectivity index (χ0n) is 17.8. The largest absolute Gasteiger partial charge is 0.390 e. The highest BCUT2D eigenvalue weighted by atomic mass is 16.6. The molecule has 0 fully saturated rings. The summed E-state index contributed by atoms with van der Waals surface area (Å²) in [6.45, 7) is 6.08. The van der Waals surface area contributed by atoms with E-state index in [1.807, 2.05) is 31.2 Å². The van der Waals surface area contributed by atoms with Crippen LogP contribution in [0.5, 0.6) is 0 Å². The molecule has 0 bridgehead atoms. The van der Waals surface area contributed by atoms with Crippen LogP contribution in [0.15, 0.2) is 47.1 Å². The number of aryl methyl sites for hydroxylation is 3. The number of nitro groups is 1. The summed E-state index contributed by atoms with van der Waals surface area (Å²) in [5, 5.41) is 25.9. The number of hydrogen-bond acceptors (Lipinski definition) is 7. The topological polar surface area (TPSA) is 134 Å². The average Bonchev–Trinajstić information content (AvgIpc) is 3.44. The highest BCUT2D eigenvalue weighted by molar-refractivity contribution is 6.03. The van der Waals surface area contributed by atoms with Crippen molar-refractivity contribution in [3.8, 4) is 0 Å². The molecule has 1 aromatic carbocycles. The van der Waals surface area contributed by atoms with Crippen LogP contribution >= 0.6 is 0 Å². The smallest absolute Gasteiger partial charge is 0.361 e. The molecule has 164 valence electrons. The summed E-state index contributed by atoms with van der Waals surface area (Å²) in [5.74, 6) is 0.0516. The molecule has 0 aliphatic rings. The minimum atomic E-state index is -0.565. The van der Waals surface area contributed by atoms with E-state index in [4.69, 9.17) is 4.52 Å². The predicted octanol–water partition coefficient (Wildman–Crippen LogP) is 3.25. The number of nitrogens with one attached hydrogen (secondary N) is 1. The maximum Gasteiger partial charge on any atom is 0.390 e. The minimum Gasteiger partial charge on any atom is -0.361 e. The van der Waals surface area contributed by atoms with E-state index in [1.54, 1.807) is 30.8 Å². The van der Waals surface area contributed by atoms with Crippen molar-refractivity contribution in [3.63, 3.8) is 0 Å². The number of rotatable bonds is 7. The number of amides is 1. The molecule has 0 atom stereocenters. The van der Waals surface area contributed by atoms with Crippen LogP contribution in [0.2, 0.25) is 0 Å². The van der Waals surface area contributed by atoms with Gasteiger partial charge in [-0.3, -0.25) is 9.48 Å². The number of nitrogens with zero attached hydrogens (tertiary/aromatic N) is 6. The normalized spacial score (nSPS) is 11.0. The zero-order chi connectivity index (χ0) is 22.8. The first-order chi connectivity index (χ1) is 15.3. The number of carbonyl (C=O) groups excluding carboxylic acids is 1. The summed E-state index contributed by atoms with van der Waals surface area (Å²) in [7, 11) is 0. The van der Waals surface area contributed by atoms with Crippen LogP contribution in [0, 0.1) is 30.9 Å². The molecule has 4 rings (SSSR count). The van der Waals surface area contributed by atoms with E-state index in [0.717, 1.165) is 5.56 Å². The molecule has 0 unspecified atom stereocenters. The Labute approximate surface area is 182 Å². The third-order valence-corrected chi connectivity index (χ3v) is 5.01. The van der Waals surface area contributed by atoms with Crippen molar-refractivity contribution < 1.29 is 14.2 Å². The number of aromatic nitrogens is 5. The third-order valence-electron chi connectivity index (χ3n) is 5.01. The van der Waals surface area contributed by atoms with Gasteiger partial charge in [0.15, 0.2) is 11.5 Å². The highest BCUT2D eigenvalue weighted by Gasteiger charge is 2.24. The molecule has 0 saturated heterocycles. The van der Waals surface area contributed by atoms with Crippen molar-refractivity contribution in [2.75, 3.05) is 5.32 Å². The van der Waals surface area contributed by atoms with Gasteiger partial charge in [-0.25, -0.2) is 0 Å². The maximum absolute atomic E-state index is 12.8. The van der Waals surface area contributed by atoms with Gasteiger partial charge in [-0.2, -0.15) is 9.78 Å². The second-order valence-electron chi connectivity index (χ2n) is 7.46. The Balaban J connectivity index is 1.48. The zero-order valence-corrected chi connectivity index (χ0v) is 17.8. The van der Waals surface area contributed by atoms with Crippen LogP contribution in [0.1, 0.15) is 38.6 Å². The first-order valence-electron chi connectivity index (χ1n) is 9.84. The Morgan fingerprint density at radius 3 is 2.56 bits per heavy atom. The molecule has 32 heavy (non-hydrogen) atoms. The van der Waals surface area contributed by atoms with Crippen LogP contribution in [-0.2, 0) is 13.1 Å². The standard InChI is InChI=1S/C21H21N7O4/c1-13-4-6-16(7-5-13)11-26-9-8-18(23-26)22-21(29)20-17(15(3)32-25-20)12-27-14(2)10-19(24-27)28(30)31/h4-10H,11-12H2,1-3H3,(H,22,23,29). The van der Waals surface area contributed by atoms with Crippen molar-refractivity contribution in [2.24, 2.45) is 0 Å². The third kappa shape index (κ3) is 4.41. The summed E-state index contributed by atoms with van der Waals surface area (Å²) in [4.78, 5) is 23.2. The average molecular weight is 435 g/mol. The molecule has 1 N–H and O–H groups in total. The van der Waals surface area contributed by atoms with Gasteiger partial charge in [-0.15, -0.1) is 0 Å². The number of benzene rings is 1. The van der Waals surface area contributed by atoms with Gasteiger partial charge in [0.05, 0.1) is 35.5 Å². The lowest BCUT2D eigenvalue weighted by atomic mass is 10.1. The first kappa shape index (κ1) is 21.0. The number of carbonyl (C=O) groups is 1. The van der Waals surface area contributed by atoms with Gasteiger partial charge in [0.1, 0.15) is 5.76 Å². The summed E-state index contributed by atoms with van der Waals surface area (Å²) < 4.78 is 8.36. The number of anilines is 1. The van der Waals surface area contributed by atoms with Crippen LogP contribution in [0.3, 0.4) is 0 Å². The molecule has 0 spiro atoms. The van der Waals surface area contributed by atoms with Crippen molar-refractivity contribution in [1.82, 2.24) is 24.7 Å². The van der Waals surface area contributed by atoms with E-state index in [1.165, 1.54) is 16.3 Å². The van der Waals surface area contributed by atoms with Crippen molar-refractivity contribution >= 4 is 17.5 Å². The van der Waals surface area contributed by atoms with Crippen molar-refractivity contribution in [2.45, 2.75) is 33.9 Å². The summed E-state index contributed by atoms with van der Waals surface area (Å²) in [6, 6.07) is 11.2. The molecule has 11 nitrogen and oxygen atoms in total. The second-order valence-corrected chi connectivity index (χ2v) is 7.46. The van der Waals surface area contributed by atoms with Gasteiger partial charge in [0.25, 0.3) is 5.91 Å². The fourth-order valence-electron chi connectivity index (χ4n) is 3.22. The molecule has 3 heterocycles. The molecular formula is C21H21N7O4. The lowest BCUT2D eigenvalue weighted by Crippen LogP contribution is -2.17. The lowest BCUT2D eigenvalue weighted by Gasteiger charge is -2.04. The van der Waals surface area contributed by atoms with Crippen LogP contribution < -0.4 is 5.32 Å². The van der Waals surface area contributed by atoms with E-state index < -0.39 is 10.8 Å². The molecule has 0 aliphatic heterocycles. The molecule has 4 aromatic rings. The Kier molecular flexibility index (Phi) is 5.54. The Bertz CT molecular complexity index is 1280. The quantitative estimate of drug-likeness (QED) is 0.348. The van der Waals surface area contributed by atoms with Gasteiger partial charge in [-0.1, -0.05) is 35.0 Å². The second kappa shape index (κ2) is 8.46. The molecule has 0 aliphatic carbocycles. The first-order valence-corrected chi connectivity index (χ1v) is 9.84. The fourth-order valence-corrected chi connectivity index (χ4v) is 3.22. The highest BCUT2D eigenvalue weighted by Crippen LogP contribution is 2.19. The van der Waals surface area contributed by atoms with Crippen LogP contribution in [-0.4, -0.2) is 35.5 Å². The number of hydrogen-bond donors (Lipinski definition) is 1. The van der Waals surface area contributed by atoms with Crippen molar-refractivity contribution in [1.29, 1.82) is 0 Å². The maximum atomic E-state index is 12.8. The van der Waals surface area contributed by atoms with Gasteiger partial charge in [-0.05, 0) is 31.3 Å². The van der Waals surface area contributed by atoms with E-state index in [2.05, 4.69) is 20.7 Å². The monoisotopic (exact) mass is 435 g/mol. The lowest BCUT2D eigenvalue weighted by molar-refractivity contribution is -0.389. The van der Waals surface area contributed by atoms with Gasteiger partial charge in [0.2, 0.25) is 0 Å². The molecule has 11 heteroatoms. The fraction of sp³-hybridized carbons (Fsp3) is 0.238. The van der Waals surface area contributed by atoms with Gasteiger partial charge >= 0.3 is 5.82 Å². The molecule has 0 saturated carbocycles. The summed E-state index contributed by atoms with van der Waals surface area (Å²) in [5.41, 5.74) is 3.42. The summed E-state index contributed by atoms with van der Waals surface area (Å²) in [6.07, 6.45) is 1.77. The van der Waals surface area contributed by atoms with E-state index >= 15 is 0 Å². The minimum absolute atomic E-state index is 0.0770. The van der Waals surface area contributed by atoms with E-state index in [0.29, 0.717) is 29.4 Å². The van der Waals surface area contributed by atoms with E-state index in [-0.39, 0.29) is 18.1 Å². The predicted molar refractivity (Wildman–Crippen MR) is 114 cm³/mol. The van der Waals surface area contributed by atoms with Gasteiger partial charge in [0, 0.05) is 12.3 Å². The summed E-state index contributed by atoms with van der Waals surface area (Å²) >= 11 is 0. The Morgan fingerprint density at radius 2 is 1.88 bits per heavy atom. The SMILES string of the molecule is Cc1ccc(Cn2ccc(NC(=O)c3noc(C)c3Cn3nc([N+](=O)[O-])cc3C)n2)cc1. The Hall–Kier alpha value is -4.28. The van der Waals surface area contributed by atoms with E-state index in [9.17, 15) is 14.9 Å². The molecular weight excluding hydrogens is 414 g/mol. The molecule has 1 amide bonds.